The number of aromatic amines is 1. The predicted molar refractivity (Wildman–Crippen MR) is 109 cm³/mol. The Balaban J connectivity index is 1.36. The molecule has 2 heterocycles. The van der Waals surface area contributed by atoms with Gasteiger partial charge in [0, 0.05) is 28.6 Å². The number of H-pyrrole nitrogens is 1. The standard InChI is InChI=1S/C20H22ClN7/c1-11(12-6-8-15(21)9-7-12)22-19-24-18(14-4-5-14)25-20(26-19)23-17-10-16(27-28-17)13-2-3-13/h6-11,13-14H,2-5H2,1H3,(H3,22,23,24,25,26,27,28). The molecule has 2 aliphatic carbocycles. The fourth-order valence-electron chi connectivity index (χ4n) is 3.18. The number of nitrogens with one attached hydrogen (secondary N) is 3. The first kappa shape index (κ1) is 17.4. The molecule has 0 bridgehead atoms. The van der Waals surface area contributed by atoms with Gasteiger partial charge in [0.05, 0.1) is 6.04 Å². The third-order valence-electron chi connectivity index (χ3n) is 5.17. The summed E-state index contributed by atoms with van der Waals surface area (Å²) >= 11 is 5.99. The van der Waals surface area contributed by atoms with Gasteiger partial charge in [0.1, 0.15) is 5.82 Å². The van der Waals surface area contributed by atoms with E-state index in [0.29, 0.717) is 23.7 Å². The second kappa shape index (κ2) is 7.05. The van der Waals surface area contributed by atoms with Crippen LogP contribution in [0.2, 0.25) is 5.02 Å². The van der Waals surface area contributed by atoms with Crippen LogP contribution in [0.25, 0.3) is 0 Å². The van der Waals surface area contributed by atoms with Gasteiger partial charge in [-0.1, -0.05) is 23.7 Å². The molecular weight excluding hydrogens is 374 g/mol. The van der Waals surface area contributed by atoms with Gasteiger partial charge in [0.15, 0.2) is 5.82 Å². The Morgan fingerprint density at radius 2 is 1.71 bits per heavy atom. The summed E-state index contributed by atoms with van der Waals surface area (Å²) in [5, 5.41) is 14.8. The quantitative estimate of drug-likeness (QED) is 0.526. The zero-order valence-corrected chi connectivity index (χ0v) is 16.4. The molecule has 0 radical (unpaired) electrons. The van der Waals surface area contributed by atoms with E-state index in [1.54, 1.807) is 0 Å². The number of halogens is 1. The molecule has 7 nitrogen and oxygen atoms in total. The van der Waals surface area contributed by atoms with Crippen molar-refractivity contribution in [2.75, 3.05) is 10.6 Å². The molecule has 3 N–H and O–H groups in total. The average molecular weight is 396 g/mol. The zero-order chi connectivity index (χ0) is 19.1. The molecule has 5 rings (SSSR count). The Hall–Kier alpha value is -2.67. The molecule has 2 aromatic heterocycles. The van der Waals surface area contributed by atoms with Crippen LogP contribution in [0.15, 0.2) is 30.3 Å². The van der Waals surface area contributed by atoms with Gasteiger partial charge >= 0.3 is 0 Å². The van der Waals surface area contributed by atoms with E-state index in [9.17, 15) is 0 Å². The maximum absolute atomic E-state index is 5.99. The number of nitrogens with zero attached hydrogens (tertiary/aromatic N) is 4. The Morgan fingerprint density at radius 3 is 2.43 bits per heavy atom. The van der Waals surface area contributed by atoms with E-state index in [1.807, 2.05) is 30.3 Å². The first-order valence-corrected chi connectivity index (χ1v) is 10.1. The van der Waals surface area contributed by atoms with Gasteiger partial charge in [-0.05, 0) is 50.3 Å². The summed E-state index contributed by atoms with van der Waals surface area (Å²) < 4.78 is 0. The van der Waals surface area contributed by atoms with Crippen LogP contribution >= 0.6 is 11.6 Å². The fourth-order valence-corrected chi connectivity index (χ4v) is 3.31. The molecule has 1 aromatic carbocycles. The van der Waals surface area contributed by atoms with E-state index in [2.05, 4.69) is 42.7 Å². The SMILES string of the molecule is CC(Nc1nc(Nc2cc(C3CC3)[nH]n2)nc(C2CC2)n1)c1ccc(Cl)cc1. The first-order chi connectivity index (χ1) is 13.6. The lowest BCUT2D eigenvalue weighted by molar-refractivity contribution is 0.829. The highest BCUT2D eigenvalue weighted by molar-refractivity contribution is 6.30. The Labute approximate surface area is 168 Å². The molecular formula is C20H22ClN7. The number of anilines is 3. The van der Waals surface area contributed by atoms with Crippen LogP contribution in [-0.2, 0) is 0 Å². The molecule has 0 aliphatic heterocycles. The minimum atomic E-state index is 0.0476. The fraction of sp³-hybridized carbons (Fsp3) is 0.400. The number of hydrogen-bond donors (Lipinski definition) is 3. The number of rotatable bonds is 7. The van der Waals surface area contributed by atoms with Gasteiger partial charge in [0.25, 0.3) is 0 Å². The second-order valence-corrected chi connectivity index (χ2v) is 8.08. The lowest BCUT2D eigenvalue weighted by Gasteiger charge is -2.15. The molecule has 0 spiro atoms. The minimum absolute atomic E-state index is 0.0476. The van der Waals surface area contributed by atoms with Crippen molar-refractivity contribution in [1.82, 2.24) is 25.1 Å². The first-order valence-electron chi connectivity index (χ1n) is 9.74. The number of hydrogen-bond acceptors (Lipinski definition) is 6. The molecule has 1 atom stereocenters. The van der Waals surface area contributed by atoms with Crippen LogP contribution in [0.1, 0.15) is 67.6 Å². The van der Waals surface area contributed by atoms with Crippen molar-refractivity contribution in [2.24, 2.45) is 0 Å². The van der Waals surface area contributed by atoms with E-state index in [-0.39, 0.29) is 6.04 Å². The van der Waals surface area contributed by atoms with Crippen LogP contribution in [0.3, 0.4) is 0 Å². The van der Waals surface area contributed by atoms with Crippen molar-refractivity contribution >= 4 is 29.3 Å². The molecule has 2 saturated carbocycles. The molecule has 1 unspecified atom stereocenters. The van der Waals surface area contributed by atoms with Gasteiger partial charge < -0.3 is 10.6 Å². The second-order valence-electron chi connectivity index (χ2n) is 7.64. The topological polar surface area (TPSA) is 91.4 Å². The molecule has 3 aromatic rings. The highest BCUT2D eigenvalue weighted by atomic mass is 35.5. The highest BCUT2D eigenvalue weighted by Gasteiger charge is 2.29. The molecule has 28 heavy (non-hydrogen) atoms. The Morgan fingerprint density at radius 1 is 1.00 bits per heavy atom. The normalized spacial score (nSPS) is 17.4. The number of aromatic nitrogens is 5. The smallest absolute Gasteiger partial charge is 0.233 e. The average Bonchev–Trinajstić information content (AvgIpc) is 3.60. The molecule has 2 aliphatic rings. The van der Waals surface area contributed by atoms with Crippen molar-refractivity contribution in [1.29, 1.82) is 0 Å². The van der Waals surface area contributed by atoms with Crippen molar-refractivity contribution in [3.8, 4) is 0 Å². The summed E-state index contributed by atoms with van der Waals surface area (Å²) in [5.74, 6) is 3.72. The largest absolute Gasteiger partial charge is 0.348 e. The minimum Gasteiger partial charge on any atom is -0.348 e. The van der Waals surface area contributed by atoms with Crippen LogP contribution < -0.4 is 10.6 Å². The van der Waals surface area contributed by atoms with Crippen LogP contribution in [0, 0.1) is 0 Å². The van der Waals surface area contributed by atoms with Crippen molar-refractivity contribution in [2.45, 2.75) is 50.5 Å². The highest BCUT2D eigenvalue weighted by Crippen LogP contribution is 2.40. The van der Waals surface area contributed by atoms with E-state index in [4.69, 9.17) is 11.6 Å². The zero-order valence-electron chi connectivity index (χ0n) is 15.6. The molecule has 0 saturated heterocycles. The van der Waals surface area contributed by atoms with Crippen LogP contribution in [-0.4, -0.2) is 25.1 Å². The van der Waals surface area contributed by atoms with Crippen molar-refractivity contribution in [3.63, 3.8) is 0 Å². The molecule has 144 valence electrons. The lowest BCUT2D eigenvalue weighted by atomic mass is 10.1. The monoisotopic (exact) mass is 395 g/mol. The van der Waals surface area contributed by atoms with E-state index < -0.39 is 0 Å². The van der Waals surface area contributed by atoms with Gasteiger partial charge in [-0.15, -0.1) is 0 Å². The van der Waals surface area contributed by atoms with Gasteiger partial charge in [-0.25, -0.2) is 0 Å². The molecule has 2 fully saturated rings. The Bertz CT molecular complexity index is 976. The molecule has 0 amide bonds. The van der Waals surface area contributed by atoms with Crippen LogP contribution in [0.5, 0.6) is 0 Å². The van der Waals surface area contributed by atoms with Crippen molar-refractivity contribution in [3.05, 3.63) is 52.4 Å². The summed E-state index contributed by atoms with van der Waals surface area (Å²) in [6.45, 7) is 2.08. The summed E-state index contributed by atoms with van der Waals surface area (Å²) in [4.78, 5) is 13.8. The lowest BCUT2D eigenvalue weighted by Crippen LogP contribution is -2.12. The third kappa shape index (κ3) is 3.94. The maximum Gasteiger partial charge on any atom is 0.233 e. The third-order valence-corrected chi connectivity index (χ3v) is 5.42. The van der Waals surface area contributed by atoms with E-state index >= 15 is 0 Å². The van der Waals surface area contributed by atoms with Crippen molar-refractivity contribution < 1.29 is 0 Å². The maximum atomic E-state index is 5.99. The predicted octanol–water partition coefficient (Wildman–Crippen LogP) is 4.92. The van der Waals surface area contributed by atoms with E-state index in [0.717, 1.165) is 35.1 Å². The van der Waals surface area contributed by atoms with Gasteiger partial charge in [-0.3, -0.25) is 5.10 Å². The summed E-state index contributed by atoms with van der Waals surface area (Å²) in [6, 6.07) is 9.88. The van der Waals surface area contributed by atoms with E-state index in [1.165, 1.54) is 18.5 Å². The van der Waals surface area contributed by atoms with Crippen LogP contribution in [0.4, 0.5) is 17.7 Å². The van der Waals surface area contributed by atoms with Gasteiger partial charge in [-0.2, -0.15) is 20.1 Å². The summed E-state index contributed by atoms with van der Waals surface area (Å²) in [6.07, 6.45) is 4.72. The Kier molecular flexibility index (Phi) is 4.39. The number of benzene rings is 1. The van der Waals surface area contributed by atoms with Gasteiger partial charge in [0.2, 0.25) is 11.9 Å². The summed E-state index contributed by atoms with van der Waals surface area (Å²) in [7, 11) is 0. The summed E-state index contributed by atoms with van der Waals surface area (Å²) in [5.41, 5.74) is 2.29. The molecule has 8 heteroatoms.